The molecule has 0 bridgehead atoms. The summed E-state index contributed by atoms with van der Waals surface area (Å²) in [7, 11) is 4.99. The van der Waals surface area contributed by atoms with E-state index in [9.17, 15) is 0 Å². The van der Waals surface area contributed by atoms with Crippen molar-refractivity contribution in [1.82, 2.24) is 0 Å². The van der Waals surface area contributed by atoms with Gasteiger partial charge in [-0.15, -0.1) is 0 Å². The number of benzene rings is 1. The Kier molecular flexibility index (Phi) is 3.97. The SMILES string of the molecule is CN=C(C)Nc1cc(OC)ccc1OC. The van der Waals surface area contributed by atoms with Gasteiger partial charge < -0.3 is 14.8 Å². The average molecular weight is 208 g/mol. The zero-order chi connectivity index (χ0) is 11.3. The number of hydrogen-bond acceptors (Lipinski definition) is 3. The number of nitrogens with one attached hydrogen (secondary N) is 1. The molecule has 0 amide bonds. The lowest BCUT2D eigenvalue weighted by Crippen LogP contribution is -2.08. The fraction of sp³-hybridized carbons (Fsp3) is 0.364. The molecule has 4 nitrogen and oxygen atoms in total. The van der Waals surface area contributed by atoms with E-state index in [1.54, 1.807) is 21.3 Å². The van der Waals surface area contributed by atoms with Crippen LogP contribution in [0.5, 0.6) is 11.5 Å². The lowest BCUT2D eigenvalue weighted by atomic mass is 10.2. The molecule has 0 radical (unpaired) electrons. The van der Waals surface area contributed by atoms with Crippen molar-refractivity contribution < 1.29 is 9.47 Å². The number of rotatable bonds is 3. The fourth-order valence-electron chi connectivity index (χ4n) is 1.16. The van der Waals surface area contributed by atoms with E-state index in [4.69, 9.17) is 9.47 Å². The molecule has 1 rings (SSSR count). The van der Waals surface area contributed by atoms with Crippen molar-refractivity contribution in [2.24, 2.45) is 4.99 Å². The van der Waals surface area contributed by atoms with Crippen LogP contribution in [0.4, 0.5) is 5.69 Å². The topological polar surface area (TPSA) is 42.9 Å². The standard InChI is InChI=1S/C11H16N2O2/c1-8(12-2)13-10-7-9(14-3)5-6-11(10)15-4/h5-7H,1-4H3,(H,12,13). The summed E-state index contributed by atoms with van der Waals surface area (Å²) in [5, 5.41) is 3.13. The molecule has 15 heavy (non-hydrogen) atoms. The van der Waals surface area contributed by atoms with E-state index in [0.29, 0.717) is 0 Å². The molecule has 0 unspecified atom stereocenters. The molecule has 82 valence electrons. The molecule has 0 heterocycles. The molecule has 0 aliphatic rings. The normalized spacial score (nSPS) is 11.1. The van der Waals surface area contributed by atoms with Gasteiger partial charge in [-0.05, 0) is 19.1 Å². The third-order valence-corrected chi connectivity index (χ3v) is 2.06. The molecule has 1 aromatic carbocycles. The number of amidine groups is 1. The molecule has 0 saturated heterocycles. The highest BCUT2D eigenvalue weighted by Crippen LogP contribution is 2.28. The molecule has 0 spiro atoms. The molecule has 1 N–H and O–H groups in total. The van der Waals surface area contributed by atoms with Crippen molar-refractivity contribution in [2.75, 3.05) is 26.6 Å². The minimum absolute atomic E-state index is 0.763. The summed E-state index contributed by atoms with van der Waals surface area (Å²) in [5.41, 5.74) is 0.847. The molecule has 4 heteroatoms. The van der Waals surface area contributed by atoms with E-state index in [1.165, 1.54) is 0 Å². The molecule has 0 aliphatic heterocycles. The Bertz CT molecular complexity index is 362. The first-order valence-corrected chi connectivity index (χ1v) is 4.63. The monoisotopic (exact) mass is 208 g/mol. The summed E-state index contributed by atoms with van der Waals surface area (Å²) in [6.07, 6.45) is 0. The van der Waals surface area contributed by atoms with E-state index in [1.807, 2.05) is 25.1 Å². The Morgan fingerprint density at radius 3 is 2.53 bits per heavy atom. The van der Waals surface area contributed by atoms with Gasteiger partial charge >= 0.3 is 0 Å². The van der Waals surface area contributed by atoms with E-state index in [0.717, 1.165) is 23.0 Å². The maximum absolute atomic E-state index is 5.22. The number of ether oxygens (including phenoxy) is 2. The second kappa shape index (κ2) is 5.24. The van der Waals surface area contributed by atoms with Crippen molar-refractivity contribution in [2.45, 2.75) is 6.92 Å². The summed E-state index contributed by atoms with van der Waals surface area (Å²) in [6.45, 7) is 1.89. The van der Waals surface area contributed by atoms with E-state index in [2.05, 4.69) is 10.3 Å². The van der Waals surface area contributed by atoms with Gasteiger partial charge in [0.15, 0.2) is 0 Å². The number of hydrogen-bond donors (Lipinski definition) is 1. The highest BCUT2D eigenvalue weighted by molar-refractivity contribution is 5.95. The number of aliphatic imine (C=N–C) groups is 1. The predicted molar refractivity (Wildman–Crippen MR) is 62.2 cm³/mol. The van der Waals surface area contributed by atoms with Gasteiger partial charge in [-0.3, -0.25) is 4.99 Å². The first-order valence-electron chi connectivity index (χ1n) is 4.63. The minimum atomic E-state index is 0.763. The van der Waals surface area contributed by atoms with Crippen LogP contribution >= 0.6 is 0 Å². The van der Waals surface area contributed by atoms with Crippen molar-refractivity contribution in [3.8, 4) is 11.5 Å². The van der Waals surface area contributed by atoms with Crippen molar-refractivity contribution >= 4 is 11.5 Å². The molecule has 0 aromatic heterocycles. The van der Waals surface area contributed by atoms with Gasteiger partial charge in [-0.25, -0.2) is 0 Å². The van der Waals surface area contributed by atoms with Gasteiger partial charge in [0, 0.05) is 13.1 Å². The van der Waals surface area contributed by atoms with Gasteiger partial charge in [0.2, 0.25) is 0 Å². The molecular weight excluding hydrogens is 192 g/mol. The van der Waals surface area contributed by atoms with Crippen molar-refractivity contribution in [1.29, 1.82) is 0 Å². The summed E-state index contributed by atoms with van der Waals surface area (Å²) in [5.74, 6) is 2.36. The number of methoxy groups -OCH3 is 2. The Balaban J connectivity index is 3.01. The largest absolute Gasteiger partial charge is 0.497 e. The quantitative estimate of drug-likeness (QED) is 0.611. The molecule has 0 saturated carbocycles. The Hall–Kier alpha value is -1.71. The van der Waals surface area contributed by atoms with Gasteiger partial charge in [0.25, 0.3) is 0 Å². The fourth-order valence-corrected chi connectivity index (χ4v) is 1.16. The van der Waals surface area contributed by atoms with Gasteiger partial charge in [0.1, 0.15) is 11.5 Å². The van der Waals surface area contributed by atoms with Crippen LogP contribution in [0.1, 0.15) is 6.92 Å². The Morgan fingerprint density at radius 1 is 1.27 bits per heavy atom. The van der Waals surface area contributed by atoms with Crippen LogP contribution in [0.25, 0.3) is 0 Å². The molecule has 0 aliphatic carbocycles. The van der Waals surface area contributed by atoms with Crippen LogP contribution in [0.2, 0.25) is 0 Å². The second-order valence-corrected chi connectivity index (χ2v) is 3.00. The molecular formula is C11H16N2O2. The Labute approximate surface area is 89.9 Å². The van der Waals surface area contributed by atoms with Crippen LogP contribution in [0.15, 0.2) is 23.2 Å². The summed E-state index contributed by atoms with van der Waals surface area (Å²) >= 11 is 0. The smallest absolute Gasteiger partial charge is 0.142 e. The summed E-state index contributed by atoms with van der Waals surface area (Å²) in [6, 6.07) is 5.57. The van der Waals surface area contributed by atoms with Crippen LogP contribution in [-0.2, 0) is 0 Å². The zero-order valence-corrected chi connectivity index (χ0v) is 9.50. The summed E-state index contributed by atoms with van der Waals surface area (Å²) < 4.78 is 10.4. The molecule has 0 fully saturated rings. The van der Waals surface area contributed by atoms with Crippen molar-refractivity contribution in [3.05, 3.63) is 18.2 Å². The molecule has 0 atom stereocenters. The summed E-state index contributed by atoms with van der Waals surface area (Å²) in [4.78, 5) is 4.02. The van der Waals surface area contributed by atoms with Crippen LogP contribution < -0.4 is 14.8 Å². The van der Waals surface area contributed by atoms with Gasteiger partial charge in [0.05, 0.1) is 25.7 Å². The van der Waals surface area contributed by atoms with Crippen LogP contribution in [0, 0.1) is 0 Å². The first kappa shape index (κ1) is 11.4. The highest BCUT2D eigenvalue weighted by atomic mass is 16.5. The minimum Gasteiger partial charge on any atom is -0.497 e. The maximum atomic E-state index is 5.22. The predicted octanol–water partition coefficient (Wildman–Crippen LogP) is 2.16. The van der Waals surface area contributed by atoms with Crippen LogP contribution in [-0.4, -0.2) is 27.1 Å². The van der Waals surface area contributed by atoms with Crippen LogP contribution in [0.3, 0.4) is 0 Å². The lowest BCUT2D eigenvalue weighted by Gasteiger charge is -2.11. The van der Waals surface area contributed by atoms with E-state index < -0.39 is 0 Å². The first-order chi connectivity index (χ1) is 7.21. The van der Waals surface area contributed by atoms with E-state index in [-0.39, 0.29) is 0 Å². The Morgan fingerprint density at radius 2 is 2.00 bits per heavy atom. The van der Waals surface area contributed by atoms with Crippen molar-refractivity contribution in [3.63, 3.8) is 0 Å². The maximum Gasteiger partial charge on any atom is 0.142 e. The molecule has 1 aromatic rings. The zero-order valence-electron chi connectivity index (χ0n) is 9.50. The third kappa shape index (κ3) is 2.87. The van der Waals surface area contributed by atoms with Gasteiger partial charge in [-0.2, -0.15) is 0 Å². The number of anilines is 1. The second-order valence-electron chi connectivity index (χ2n) is 3.00. The third-order valence-electron chi connectivity index (χ3n) is 2.06. The highest BCUT2D eigenvalue weighted by Gasteiger charge is 2.04. The lowest BCUT2D eigenvalue weighted by molar-refractivity contribution is 0.405. The number of nitrogens with zero attached hydrogens (tertiary/aromatic N) is 1. The van der Waals surface area contributed by atoms with E-state index >= 15 is 0 Å². The van der Waals surface area contributed by atoms with Gasteiger partial charge in [-0.1, -0.05) is 0 Å². The average Bonchev–Trinajstić information content (AvgIpc) is 2.28.